The molecule has 0 aliphatic carbocycles. The number of ether oxygens (including phenoxy) is 1. The zero-order valence-electron chi connectivity index (χ0n) is 10.1. The Hall–Kier alpha value is -0.420. The molecule has 1 heterocycles. The molecule has 5 heteroatoms. The Kier molecular flexibility index (Phi) is 4.12. The van der Waals surface area contributed by atoms with Gasteiger partial charge in [-0.15, -0.1) is 11.3 Å². The van der Waals surface area contributed by atoms with Crippen LogP contribution in [0.4, 0.5) is 0 Å². The molecular formula is C11H16BrNO2S. The molecule has 0 bridgehead atoms. The van der Waals surface area contributed by atoms with Gasteiger partial charge in [0.1, 0.15) is 0 Å². The number of carbonyl (C=O) groups excluding carboxylic acids is 1. The van der Waals surface area contributed by atoms with Crippen molar-refractivity contribution in [2.75, 3.05) is 7.11 Å². The highest BCUT2D eigenvalue weighted by atomic mass is 79.9. The molecule has 1 rings (SSSR count). The first kappa shape index (κ1) is 13.6. The maximum absolute atomic E-state index is 11.6. The average molecular weight is 306 g/mol. The third kappa shape index (κ3) is 2.83. The van der Waals surface area contributed by atoms with E-state index in [-0.39, 0.29) is 17.3 Å². The molecule has 90 valence electrons. The lowest BCUT2D eigenvalue weighted by molar-refractivity contribution is 0.0592. The van der Waals surface area contributed by atoms with Crippen molar-refractivity contribution >= 4 is 33.2 Å². The molecule has 0 aliphatic heterocycles. The maximum Gasteiger partial charge on any atom is 0.357 e. The molecule has 0 N–H and O–H groups in total. The van der Waals surface area contributed by atoms with Crippen LogP contribution in [0.25, 0.3) is 0 Å². The highest BCUT2D eigenvalue weighted by Crippen LogP contribution is 2.40. The summed E-state index contributed by atoms with van der Waals surface area (Å²) >= 11 is 4.81. The van der Waals surface area contributed by atoms with E-state index in [2.05, 4.69) is 48.6 Å². The highest BCUT2D eigenvalue weighted by molar-refractivity contribution is 9.11. The number of aromatic nitrogens is 1. The summed E-state index contributed by atoms with van der Waals surface area (Å²) in [7, 11) is 1.38. The van der Waals surface area contributed by atoms with E-state index in [0.717, 1.165) is 8.79 Å². The Morgan fingerprint density at radius 2 is 2.06 bits per heavy atom. The summed E-state index contributed by atoms with van der Waals surface area (Å²) in [5.41, 5.74) is 0.524. The summed E-state index contributed by atoms with van der Waals surface area (Å²) in [4.78, 5) is 16.7. The number of hydrogen-bond donors (Lipinski definition) is 0. The van der Waals surface area contributed by atoms with Gasteiger partial charge in [-0.1, -0.05) is 27.7 Å². The van der Waals surface area contributed by atoms with E-state index in [1.807, 2.05) is 0 Å². The first-order chi connectivity index (χ1) is 7.27. The molecule has 1 aromatic heterocycles. The monoisotopic (exact) mass is 305 g/mol. The fraction of sp³-hybridized carbons (Fsp3) is 0.636. The zero-order chi connectivity index (χ0) is 12.5. The summed E-state index contributed by atoms with van der Waals surface area (Å²) in [5.74, 6) is -0.113. The Labute approximate surface area is 108 Å². The minimum absolute atomic E-state index is 0.0920. The lowest BCUT2D eigenvalue weighted by atomic mass is 9.81. The number of esters is 1. The van der Waals surface area contributed by atoms with Gasteiger partial charge in [0.2, 0.25) is 0 Å². The predicted octanol–water partition coefficient (Wildman–Crippen LogP) is 3.84. The fourth-order valence-electron chi connectivity index (χ4n) is 1.23. The number of halogens is 1. The number of carbonyl (C=O) groups is 1. The van der Waals surface area contributed by atoms with Crippen LogP contribution in [-0.2, 0) is 4.74 Å². The molecular weight excluding hydrogens is 290 g/mol. The second-order valence-electron chi connectivity index (χ2n) is 4.76. The van der Waals surface area contributed by atoms with Gasteiger partial charge in [0.25, 0.3) is 0 Å². The van der Waals surface area contributed by atoms with E-state index in [1.54, 1.807) is 0 Å². The van der Waals surface area contributed by atoms with Crippen molar-refractivity contribution in [3.8, 4) is 0 Å². The zero-order valence-corrected chi connectivity index (χ0v) is 12.5. The lowest BCUT2D eigenvalue weighted by Crippen LogP contribution is -2.17. The number of thiazole rings is 1. The first-order valence-electron chi connectivity index (χ1n) is 5.02. The van der Waals surface area contributed by atoms with Crippen LogP contribution in [-0.4, -0.2) is 18.1 Å². The Morgan fingerprint density at radius 3 is 2.50 bits per heavy atom. The van der Waals surface area contributed by atoms with Gasteiger partial charge in [-0.05, 0) is 27.3 Å². The van der Waals surface area contributed by atoms with Crippen LogP contribution >= 0.6 is 27.3 Å². The van der Waals surface area contributed by atoms with Crippen molar-refractivity contribution in [2.24, 2.45) is 5.41 Å². The van der Waals surface area contributed by atoms with Crippen LogP contribution in [0.3, 0.4) is 0 Å². The molecule has 0 saturated carbocycles. The second kappa shape index (κ2) is 4.84. The van der Waals surface area contributed by atoms with Crippen molar-refractivity contribution in [2.45, 2.75) is 33.6 Å². The van der Waals surface area contributed by atoms with Gasteiger partial charge < -0.3 is 4.74 Å². The van der Waals surface area contributed by atoms with Gasteiger partial charge in [-0.2, -0.15) is 0 Å². The third-order valence-corrected chi connectivity index (χ3v) is 4.39. The molecule has 1 atom stereocenters. The van der Waals surface area contributed by atoms with Crippen molar-refractivity contribution in [3.63, 3.8) is 0 Å². The van der Waals surface area contributed by atoms with Crippen molar-refractivity contribution in [3.05, 3.63) is 14.5 Å². The molecule has 0 aromatic carbocycles. The van der Waals surface area contributed by atoms with Crippen LogP contribution in [0.5, 0.6) is 0 Å². The molecule has 0 spiro atoms. The van der Waals surface area contributed by atoms with E-state index < -0.39 is 0 Å². The Bertz CT molecular complexity index is 395. The van der Waals surface area contributed by atoms with Crippen LogP contribution < -0.4 is 0 Å². The van der Waals surface area contributed by atoms with Crippen LogP contribution in [0.2, 0.25) is 0 Å². The maximum atomic E-state index is 11.6. The van der Waals surface area contributed by atoms with E-state index >= 15 is 0 Å². The SMILES string of the molecule is COC(=O)c1nc(Br)sc1C(C)C(C)(C)C. The average Bonchev–Trinajstić information content (AvgIpc) is 2.56. The van der Waals surface area contributed by atoms with Crippen LogP contribution in [0, 0.1) is 5.41 Å². The molecule has 0 aliphatic rings. The lowest BCUT2D eigenvalue weighted by Gasteiger charge is -2.26. The first-order valence-corrected chi connectivity index (χ1v) is 6.63. The second-order valence-corrected chi connectivity index (χ2v) is 7.07. The molecule has 0 amide bonds. The van der Waals surface area contributed by atoms with Gasteiger partial charge >= 0.3 is 5.97 Å². The normalized spacial score (nSPS) is 13.6. The van der Waals surface area contributed by atoms with E-state index in [0.29, 0.717) is 5.69 Å². The molecule has 1 aromatic rings. The fourth-order valence-corrected chi connectivity index (χ4v) is 3.01. The minimum Gasteiger partial charge on any atom is -0.464 e. The van der Waals surface area contributed by atoms with E-state index in [4.69, 9.17) is 4.74 Å². The molecule has 0 radical (unpaired) electrons. The quantitative estimate of drug-likeness (QED) is 0.779. The van der Waals surface area contributed by atoms with Crippen molar-refractivity contribution in [1.82, 2.24) is 4.98 Å². The Morgan fingerprint density at radius 1 is 1.50 bits per heavy atom. The molecule has 1 unspecified atom stereocenters. The van der Waals surface area contributed by atoms with E-state index in [9.17, 15) is 4.79 Å². The molecule has 0 fully saturated rings. The summed E-state index contributed by atoms with van der Waals surface area (Å²) in [5, 5.41) is 0. The predicted molar refractivity (Wildman–Crippen MR) is 69.0 cm³/mol. The van der Waals surface area contributed by atoms with Crippen LogP contribution in [0.1, 0.15) is 49.0 Å². The van der Waals surface area contributed by atoms with Crippen molar-refractivity contribution in [1.29, 1.82) is 0 Å². The third-order valence-electron chi connectivity index (χ3n) is 2.70. The van der Waals surface area contributed by atoms with E-state index in [1.165, 1.54) is 18.4 Å². The minimum atomic E-state index is -0.368. The van der Waals surface area contributed by atoms with Gasteiger partial charge in [-0.3, -0.25) is 0 Å². The van der Waals surface area contributed by atoms with Gasteiger partial charge in [0, 0.05) is 4.88 Å². The van der Waals surface area contributed by atoms with Gasteiger partial charge in [0.15, 0.2) is 9.61 Å². The smallest absolute Gasteiger partial charge is 0.357 e. The molecule has 3 nitrogen and oxygen atoms in total. The number of methoxy groups -OCH3 is 1. The number of hydrogen-bond acceptors (Lipinski definition) is 4. The summed E-state index contributed by atoms with van der Waals surface area (Å²) in [6.07, 6.45) is 0. The van der Waals surface area contributed by atoms with Gasteiger partial charge in [0.05, 0.1) is 7.11 Å². The van der Waals surface area contributed by atoms with Crippen molar-refractivity contribution < 1.29 is 9.53 Å². The standard InChI is InChI=1S/C11H16BrNO2S/c1-6(11(2,3)4)8-7(9(14)15-5)13-10(12)16-8/h6H,1-5H3. The molecule has 0 saturated heterocycles. The summed E-state index contributed by atoms with van der Waals surface area (Å²) < 4.78 is 5.46. The Balaban J connectivity index is 3.18. The highest BCUT2D eigenvalue weighted by Gasteiger charge is 2.29. The molecule has 16 heavy (non-hydrogen) atoms. The van der Waals surface area contributed by atoms with Gasteiger partial charge in [-0.25, -0.2) is 9.78 Å². The number of rotatable bonds is 2. The van der Waals surface area contributed by atoms with Crippen LogP contribution in [0.15, 0.2) is 3.92 Å². The summed E-state index contributed by atoms with van der Waals surface area (Å²) in [6.45, 7) is 8.54. The summed E-state index contributed by atoms with van der Waals surface area (Å²) in [6, 6.07) is 0. The number of nitrogens with zero attached hydrogens (tertiary/aromatic N) is 1. The topological polar surface area (TPSA) is 39.2 Å². The largest absolute Gasteiger partial charge is 0.464 e.